The molecule has 0 saturated carbocycles. The van der Waals surface area contributed by atoms with E-state index >= 15 is 0 Å². The summed E-state index contributed by atoms with van der Waals surface area (Å²) in [7, 11) is 0. The summed E-state index contributed by atoms with van der Waals surface area (Å²) in [6, 6.07) is 76.5. The highest BCUT2D eigenvalue weighted by molar-refractivity contribution is 6.10. The highest BCUT2D eigenvalue weighted by Gasteiger charge is 2.16. The largest absolute Gasteiger partial charge is 0.309 e. The summed E-state index contributed by atoms with van der Waals surface area (Å²) in [6.45, 7) is 0. The van der Waals surface area contributed by atoms with Crippen molar-refractivity contribution < 1.29 is 0 Å². The molecule has 0 fully saturated rings. The van der Waals surface area contributed by atoms with Crippen LogP contribution < -0.4 is 0 Å². The van der Waals surface area contributed by atoms with Crippen molar-refractivity contribution in [3.8, 4) is 44.9 Å². The summed E-state index contributed by atoms with van der Waals surface area (Å²) in [5.74, 6) is 0. The Kier molecular flexibility index (Phi) is 8.90. The summed E-state index contributed by atoms with van der Waals surface area (Å²) in [5, 5.41) is 5.06. The number of pyridine rings is 1. The number of allylic oxidation sites excluding steroid dienone is 6. The number of benzene rings is 8. The van der Waals surface area contributed by atoms with Crippen LogP contribution in [-0.4, -0.2) is 14.1 Å². The van der Waals surface area contributed by atoms with Crippen molar-refractivity contribution in [3.05, 3.63) is 248 Å². The van der Waals surface area contributed by atoms with Crippen LogP contribution in [0.4, 0.5) is 0 Å². The summed E-state index contributed by atoms with van der Waals surface area (Å²) in [5.41, 5.74) is 18.3. The van der Waals surface area contributed by atoms with Crippen LogP contribution in [0.25, 0.3) is 99.6 Å². The molecule has 0 atom stereocenters. The minimum atomic E-state index is 0.798. The minimum absolute atomic E-state index is 0.798. The molecule has 3 nitrogen and oxygen atoms in total. The van der Waals surface area contributed by atoms with Crippen molar-refractivity contribution in [3.63, 3.8) is 0 Å². The third-order valence-electron chi connectivity index (χ3n) is 12.6. The van der Waals surface area contributed by atoms with Crippen molar-refractivity contribution in [2.75, 3.05) is 0 Å². The van der Waals surface area contributed by atoms with E-state index in [2.05, 4.69) is 246 Å². The van der Waals surface area contributed by atoms with Gasteiger partial charge in [0.05, 0.1) is 33.5 Å². The summed E-state index contributed by atoms with van der Waals surface area (Å²) >= 11 is 0. The summed E-state index contributed by atoms with van der Waals surface area (Å²) in [6.07, 6.45) is 9.91. The Morgan fingerprint density at radius 3 is 1.32 bits per heavy atom. The maximum atomic E-state index is 5.36. The number of rotatable bonds is 7. The van der Waals surface area contributed by atoms with Crippen LogP contribution in [0, 0.1) is 0 Å². The first-order valence-electron chi connectivity index (χ1n) is 21.7. The van der Waals surface area contributed by atoms with Gasteiger partial charge in [-0.05, 0) is 106 Å². The van der Waals surface area contributed by atoms with E-state index in [1.54, 1.807) is 0 Å². The second kappa shape index (κ2) is 15.3. The zero-order valence-corrected chi connectivity index (χ0v) is 34.6. The Morgan fingerprint density at radius 1 is 0.302 bits per heavy atom. The molecule has 0 aliphatic heterocycles. The van der Waals surface area contributed by atoms with E-state index in [1.807, 2.05) is 0 Å². The lowest BCUT2D eigenvalue weighted by atomic mass is 9.98. The monoisotopic (exact) mass is 803 g/mol. The van der Waals surface area contributed by atoms with Crippen molar-refractivity contribution in [2.45, 2.75) is 6.42 Å². The number of hydrogen-bond acceptors (Lipinski definition) is 1. The topological polar surface area (TPSA) is 22.8 Å². The molecular weight excluding hydrogens is 763 g/mol. The molecule has 3 heterocycles. The third kappa shape index (κ3) is 6.50. The maximum absolute atomic E-state index is 5.36. The van der Waals surface area contributed by atoms with Gasteiger partial charge in [-0.25, -0.2) is 4.98 Å². The fourth-order valence-corrected chi connectivity index (χ4v) is 9.54. The highest BCUT2D eigenvalue weighted by atomic mass is 15.0. The van der Waals surface area contributed by atoms with E-state index in [0.717, 1.165) is 51.4 Å². The number of nitrogens with zero attached hydrogens (tertiary/aromatic N) is 3. The molecule has 0 saturated heterocycles. The standard InChI is InChI=1S/C60H41N3/c1-2-15-41(16-3-1)48-39-55(44-18-12-17-42(31-34-44)46-19-13-21-49(37-46)62-57-27-8-4-23-51(57)52-24-5-9-28-58(52)62)61-56(40-48)45-35-32-43(33-36-45)47-20-14-22-50(38-47)63-59-29-10-6-25-53(59)54-26-7-11-30-60(54)63/h1-11,13-40H,12H2. The van der Waals surface area contributed by atoms with Crippen molar-refractivity contribution in [1.82, 2.24) is 14.1 Å². The zero-order valence-electron chi connectivity index (χ0n) is 34.6. The molecule has 3 aromatic heterocycles. The van der Waals surface area contributed by atoms with Crippen LogP contribution in [0.2, 0.25) is 0 Å². The molecule has 0 bridgehead atoms. The fourth-order valence-electron chi connectivity index (χ4n) is 9.54. The molecule has 0 radical (unpaired) electrons. The van der Waals surface area contributed by atoms with Gasteiger partial charge >= 0.3 is 0 Å². The molecule has 11 aromatic rings. The molecule has 0 unspecified atom stereocenters. The van der Waals surface area contributed by atoms with Crippen LogP contribution >= 0.6 is 0 Å². The van der Waals surface area contributed by atoms with Crippen LogP contribution in [0.15, 0.2) is 237 Å². The first-order chi connectivity index (χ1) is 31.2. The van der Waals surface area contributed by atoms with Crippen molar-refractivity contribution >= 4 is 54.8 Å². The average Bonchev–Trinajstić information content (AvgIpc) is 3.75. The zero-order chi connectivity index (χ0) is 41.7. The van der Waals surface area contributed by atoms with Gasteiger partial charge in [-0.1, -0.05) is 176 Å². The van der Waals surface area contributed by atoms with E-state index in [1.165, 1.54) is 65.9 Å². The molecule has 0 amide bonds. The summed E-state index contributed by atoms with van der Waals surface area (Å²) in [4.78, 5) is 5.36. The minimum Gasteiger partial charge on any atom is -0.309 e. The van der Waals surface area contributed by atoms with Gasteiger partial charge in [-0.3, -0.25) is 0 Å². The molecule has 0 N–H and O–H groups in total. The van der Waals surface area contributed by atoms with Gasteiger partial charge in [0.2, 0.25) is 0 Å². The molecule has 0 spiro atoms. The molecule has 3 heteroatoms. The van der Waals surface area contributed by atoms with Gasteiger partial charge in [0.15, 0.2) is 0 Å². The van der Waals surface area contributed by atoms with Gasteiger partial charge in [0.25, 0.3) is 0 Å². The van der Waals surface area contributed by atoms with E-state index in [0.29, 0.717) is 0 Å². The highest BCUT2D eigenvalue weighted by Crippen LogP contribution is 2.37. The van der Waals surface area contributed by atoms with E-state index in [4.69, 9.17) is 4.98 Å². The lowest BCUT2D eigenvalue weighted by Gasteiger charge is -2.12. The molecule has 12 rings (SSSR count). The molecule has 296 valence electrons. The van der Waals surface area contributed by atoms with E-state index in [-0.39, 0.29) is 0 Å². The smallest absolute Gasteiger partial charge is 0.0715 e. The Morgan fingerprint density at radius 2 is 0.730 bits per heavy atom. The number of para-hydroxylation sites is 4. The normalized spacial score (nSPS) is 12.8. The Balaban J connectivity index is 0.870. The number of hydrogen-bond donors (Lipinski definition) is 0. The molecule has 63 heavy (non-hydrogen) atoms. The Hall–Kier alpha value is -8.27. The van der Waals surface area contributed by atoms with Gasteiger partial charge in [-0.15, -0.1) is 0 Å². The Bertz CT molecular complexity index is 3530. The van der Waals surface area contributed by atoms with Gasteiger partial charge in [0.1, 0.15) is 0 Å². The van der Waals surface area contributed by atoms with Gasteiger partial charge in [-0.2, -0.15) is 0 Å². The SMILES string of the molecule is C1=CC(c2cc(-c3ccccc3)cc(-c3ccc(-c4cccc(-n5c6ccccc6c6ccccc65)c4)cc3)n2)=CCC=C1c1cccc(-n2c3ccccc3c3ccccc32)c1. The molecule has 1 aliphatic carbocycles. The van der Waals surface area contributed by atoms with Crippen LogP contribution in [-0.2, 0) is 0 Å². The first kappa shape index (κ1) is 36.6. The first-order valence-corrected chi connectivity index (χ1v) is 21.7. The molecular formula is C60H41N3. The number of aromatic nitrogens is 3. The fraction of sp³-hybridized carbons (Fsp3) is 0.0167. The molecule has 1 aliphatic rings. The predicted molar refractivity (Wildman–Crippen MR) is 265 cm³/mol. The lowest BCUT2D eigenvalue weighted by Crippen LogP contribution is -1.95. The lowest BCUT2D eigenvalue weighted by molar-refractivity contribution is 1.18. The van der Waals surface area contributed by atoms with E-state index in [9.17, 15) is 0 Å². The van der Waals surface area contributed by atoms with Crippen LogP contribution in [0.3, 0.4) is 0 Å². The summed E-state index contributed by atoms with van der Waals surface area (Å²) < 4.78 is 4.76. The third-order valence-corrected chi connectivity index (χ3v) is 12.6. The van der Waals surface area contributed by atoms with Gasteiger partial charge in [0, 0.05) is 38.5 Å². The average molecular weight is 804 g/mol. The van der Waals surface area contributed by atoms with Crippen molar-refractivity contribution in [2.24, 2.45) is 0 Å². The van der Waals surface area contributed by atoms with Gasteiger partial charge < -0.3 is 9.13 Å². The van der Waals surface area contributed by atoms with E-state index < -0.39 is 0 Å². The van der Waals surface area contributed by atoms with Crippen molar-refractivity contribution in [1.29, 1.82) is 0 Å². The second-order valence-electron chi connectivity index (χ2n) is 16.3. The quantitative estimate of drug-likeness (QED) is 0.157. The molecule has 8 aromatic carbocycles. The van der Waals surface area contributed by atoms with Crippen LogP contribution in [0.1, 0.15) is 17.7 Å². The van der Waals surface area contributed by atoms with Crippen LogP contribution in [0.5, 0.6) is 0 Å². The Labute approximate surface area is 366 Å². The maximum Gasteiger partial charge on any atom is 0.0715 e. The number of fused-ring (bicyclic) bond motifs is 6. The second-order valence-corrected chi connectivity index (χ2v) is 16.3. The predicted octanol–water partition coefficient (Wildman–Crippen LogP) is 15.7.